The van der Waals surface area contributed by atoms with Crippen LogP contribution in [0.15, 0.2) is 29.3 Å². The first kappa shape index (κ1) is 22.2. The molecule has 0 bridgehead atoms. The number of aliphatic imine (C=N–C) groups is 1. The normalized spacial score (nSPS) is 15.4. The van der Waals surface area contributed by atoms with Crippen molar-refractivity contribution in [2.45, 2.75) is 44.9 Å². The van der Waals surface area contributed by atoms with E-state index in [1.165, 1.54) is 5.56 Å². The third-order valence-corrected chi connectivity index (χ3v) is 4.41. The maximum atomic E-state index is 13.1. The number of nitrogens with zero attached hydrogens (tertiary/aromatic N) is 1. The molecule has 4 nitrogen and oxygen atoms in total. The van der Waals surface area contributed by atoms with Crippen LogP contribution < -0.4 is 10.6 Å². The van der Waals surface area contributed by atoms with Crippen LogP contribution in [0, 0.1) is 5.82 Å². The Labute approximate surface area is 168 Å². The first-order valence-electron chi connectivity index (χ1n) is 9.06. The Morgan fingerprint density at radius 2 is 1.88 bits per heavy atom. The lowest BCUT2D eigenvalue weighted by molar-refractivity contribution is 0.143. The second-order valence-electron chi connectivity index (χ2n) is 6.31. The van der Waals surface area contributed by atoms with Gasteiger partial charge in [-0.05, 0) is 57.2 Å². The smallest absolute Gasteiger partial charge is 0.191 e. The Balaban J connectivity index is 0.00000312. The average Bonchev–Trinajstić information content (AvgIpc) is 3.37. The molecule has 25 heavy (non-hydrogen) atoms. The van der Waals surface area contributed by atoms with E-state index in [9.17, 15) is 4.39 Å². The average molecular weight is 463 g/mol. The van der Waals surface area contributed by atoms with E-state index < -0.39 is 0 Å². The summed E-state index contributed by atoms with van der Waals surface area (Å²) in [5, 5.41) is 6.68. The zero-order chi connectivity index (χ0) is 17.3. The van der Waals surface area contributed by atoms with Crippen molar-refractivity contribution in [1.82, 2.24) is 10.6 Å². The first-order chi connectivity index (χ1) is 11.7. The fraction of sp³-hybridized carbons (Fsp3) is 0.632. The third-order valence-electron chi connectivity index (χ3n) is 4.41. The molecular formula is C19H31FIN3O. The minimum atomic E-state index is -0.180. The van der Waals surface area contributed by atoms with E-state index >= 15 is 0 Å². The number of guanidine groups is 1. The van der Waals surface area contributed by atoms with E-state index in [-0.39, 0.29) is 35.2 Å². The van der Waals surface area contributed by atoms with Crippen LogP contribution in [-0.4, -0.2) is 38.8 Å². The van der Waals surface area contributed by atoms with Gasteiger partial charge in [0.2, 0.25) is 0 Å². The highest BCUT2D eigenvalue weighted by molar-refractivity contribution is 14.0. The van der Waals surface area contributed by atoms with Crippen molar-refractivity contribution < 1.29 is 9.13 Å². The van der Waals surface area contributed by atoms with E-state index in [4.69, 9.17) is 9.73 Å². The lowest BCUT2D eigenvalue weighted by Gasteiger charge is -2.16. The Bertz CT molecular complexity index is 518. The van der Waals surface area contributed by atoms with Crippen LogP contribution in [0.2, 0.25) is 0 Å². The highest BCUT2D eigenvalue weighted by Crippen LogP contribution is 2.48. The van der Waals surface area contributed by atoms with E-state index in [0.717, 1.165) is 64.5 Å². The second-order valence-corrected chi connectivity index (χ2v) is 6.31. The van der Waals surface area contributed by atoms with Gasteiger partial charge in [-0.2, -0.15) is 0 Å². The number of benzene rings is 1. The Morgan fingerprint density at radius 3 is 2.48 bits per heavy atom. The summed E-state index contributed by atoms with van der Waals surface area (Å²) < 4.78 is 18.4. The molecule has 0 spiro atoms. The van der Waals surface area contributed by atoms with Crippen LogP contribution in [0.1, 0.15) is 45.1 Å². The summed E-state index contributed by atoms with van der Waals surface area (Å²) in [7, 11) is 0. The number of hydrogen-bond acceptors (Lipinski definition) is 2. The monoisotopic (exact) mass is 463 g/mol. The molecule has 2 N–H and O–H groups in total. The molecule has 1 saturated carbocycles. The molecule has 1 fully saturated rings. The molecule has 0 aromatic heterocycles. The van der Waals surface area contributed by atoms with E-state index in [1.54, 1.807) is 12.1 Å². The Morgan fingerprint density at radius 1 is 1.16 bits per heavy atom. The molecule has 0 heterocycles. The van der Waals surface area contributed by atoms with Crippen LogP contribution in [0.5, 0.6) is 0 Å². The van der Waals surface area contributed by atoms with E-state index in [0.29, 0.717) is 0 Å². The Kier molecular flexibility index (Phi) is 10.3. The summed E-state index contributed by atoms with van der Waals surface area (Å²) in [5.41, 5.74) is 1.30. The van der Waals surface area contributed by atoms with Gasteiger partial charge in [-0.1, -0.05) is 12.1 Å². The summed E-state index contributed by atoms with van der Waals surface area (Å²) in [4.78, 5) is 4.75. The van der Waals surface area contributed by atoms with Crippen molar-refractivity contribution in [3.63, 3.8) is 0 Å². The maximum absolute atomic E-state index is 13.1. The first-order valence-corrected chi connectivity index (χ1v) is 9.06. The summed E-state index contributed by atoms with van der Waals surface area (Å²) in [5.74, 6) is 0.683. The van der Waals surface area contributed by atoms with Crippen molar-refractivity contribution >= 4 is 29.9 Å². The van der Waals surface area contributed by atoms with Crippen molar-refractivity contribution in [3.05, 3.63) is 35.6 Å². The van der Waals surface area contributed by atoms with Crippen LogP contribution in [0.25, 0.3) is 0 Å². The van der Waals surface area contributed by atoms with E-state index in [1.807, 2.05) is 19.1 Å². The number of nitrogens with one attached hydrogen (secondary N) is 2. The summed E-state index contributed by atoms with van der Waals surface area (Å²) in [6.45, 7) is 8.16. The van der Waals surface area contributed by atoms with Crippen molar-refractivity contribution in [2.75, 3.05) is 32.8 Å². The molecule has 0 aliphatic heterocycles. The number of hydrogen-bond donors (Lipinski definition) is 2. The van der Waals surface area contributed by atoms with Gasteiger partial charge in [-0.3, -0.25) is 4.99 Å². The predicted molar refractivity (Wildman–Crippen MR) is 112 cm³/mol. The number of halogens is 2. The van der Waals surface area contributed by atoms with Crippen LogP contribution in [0.4, 0.5) is 4.39 Å². The topological polar surface area (TPSA) is 45.7 Å². The van der Waals surface area contributed by atoms with E-state index in [2.05, 4.69) is 17.6 Å². The quantitative estimate of drug-likeness (QED) is 0.240. The van der Waals surface area contributed by atoms with Crippen molar-refractivity contribution in [2.24, 2.45) is 4.99 Å². The molecule has 1 aliphatic carbocycles. The van der Waals surface area contributed by atoms with Gasteiger partial charge >= 0.3 is 0 Å². The summed E-state index contributed by atoms with van der Waals surface area (Å²) in [6, 6.07) is 6.87. The molecule has 1 aromatic carbocycles. The highest BCUT2D eigenvalue weighted by Gasteiger charge is 2.44. The summed E-state index contributed by atoms with van der Waals surface area (Å²) >= 11 is 0. The van der Waals surface area contributed by atoms with Gasteiger partial charge in [-0.25, -0.2) is 4.39 Å². The standard InChI is InChI=1S/C19H30FN3O.HI/c1-3-21-18(22-13-5-6-14-24-4-2)23-15-19(11-12-19)16-7-9-17(20)10-8-16;/h7-10H,3-6,11-15H2,1-2H3,(H2,21,22,23);1H. The Hall–Kier alpha value is -0.890. The van der Waals surface area contributed by atoms with Crippen LogP contribution in [-0.2, 0) is 10.2 Å². The largest absolute Gasteiger partial charge is 0.382 e. The maximum Gasteiger partial charge on any atom is 0.191 e. The van der Waals surface area contributed by atoms with Crippen molar-refractivity contribution in [1.29, 1.82) is 0 Å². The van der Waals surface area contributed by atoms with Crippen molar-refractivity contribution in [3.8, 4) is 0 Å². The zero-order valence-electron chi connectivity index (χ0n) is 15.3. The fourth-order valence-corrected chi connectivity index (χ4v) is 2.74. The molecule has 6 heteroatoms. The highest BCUT2D eigenvalue weighted by atomic mass is 127. The SMILES string of the molecule is CCNC(=NCC1(c2ccc(F)cc2)CC1)NCCCCOCC.I. The minimum absolute atomic E-state index is 0. The van der Waals surface area contributed by atoms with Gasteiger partial charge in [0.25, 0.3) is 0 Å². The molecule has 0 amide bonds. The zero-order valence-corrected chi connectivity index (χ0v) is 17.6. The minimum Gasteiger partial charge on any atom is -0.382 e. The van der Waals surface area contributed by atoms with Gasteiger partial charge in [0.1, 0.15) is 5.82 Å². The van der Waals surface area contributed by atoms with Gasteiger partial charge in [0.05, 0.1) is 6.54 Å². The molecule has 0 atom stereocenters. The predicted octanol–water partition coefficient (Wildman–Crippen LogP) is 3.85. The second kappa shape index (κ2) is 11.7. The molecule has 0 unspecified atom stereocenters. The molecular weight excluding hydrogens is 432 g/mol. The fourth-order valence-electron chi connectivity index (χ4n) is 2.74. The molecule has 1 aliphatic rings. The number of ether oxygens (including phenoxy) is 1. The van der Waals surface area contributed by atoms with Crippen LogP contribution in [0.3, 0.4) is 0 Å². The lowest BCUT2D eigenvalue weighted by atomic mass is 9.96. The molecule has 1 aromatic rings. The lowest BCUT2D eigenvalue weighted by Crippen LogP contribution is -2.38. The molecule has 0 radical (unpaired) electrons. The molecule has 142 valence electrons. The number of rotatable bonds is 10. The molecule has 2 rings (SSSR count). The van der Waals surface area contributed by atoms with Gasteiger partial charge in [-0.15, -0.1) is 24.0 Å². The van der Waals surface area contributed by atoms with Gasteiger partial charge in [0, 0.05) is 31.7 Å². The molecule has 0 saturated heterocycles. The van der Waals surface area contributed by atoms with Gasteiger partial charge < -0.3 is 15.4 Å². The van der Waals surface area contributed by atoms with Gasteiger partial charge in [0.15, 0.2) is 5.96 Å². The number of unbranched alkanes of at least 4 members (excludes halogenated alkanes) is 1. The van der Waals surface area contributed by atoms with Crippen LogP contribution >= 0.6 is 24.0 Å². The summed E-state index contributed by atoms with van der Waals surface area (Å²) in [6.07, 6.45) is 4.36. The third kappa shape index (κ3) is 7.48.